The number of thioether (sulfide) groups is 1. The molecule has 0 aliphatic carbocycles. The maximum absolute atomic E-state index is 12.8. The second kappa shape index (κ2) is 7.22. The molecule has 0 saturated heterocycles. The zero-order valence-corrected chi connectivity index (χ0v) is 16.6. The number of hydrogen-bond donors (Lipinski definition) is 1. The van der Waals surface area contributed by atoms with E-state index >= 15 is 0 Å². The standard InChI is InChI=1S/C18H22F6O2S/c1-15(2,3)10-7-9(8-11(12(10)25)16(4,5)6)27-14(26)13(17(19,20)21)18(22,23)24/h7-8,13,25H,1-6H3. The maximum Gasteiger partial charge on any atom is 0.408 e. The first-order chi connectivity index (χ1) is 11.8. The lowest BCUT2D eigenvalue weighted by Crippen LogP contribution is -2.41. The molecule has 0 atom stereocenters. The van der Waals surface area contributed by atoms with Crippen LogP contribution in [0.3, 0.4) is 0 Å². The summed E-state index contributed by atoms with van der Waals surface area (Å²) in [5.41, 5.74) is -0.615. The van der Waals surface area contributed by atoms with Crippen molar-refractivity contribution in [2.45, 2.75) is 69.6 Å². The van der Waals surface area contributed by atoms with Gasteiger partial charge < -0.3 is 5.11 Å². The summed E-state index contributed by atoms with van der Waals surface area (Å²) in [6.45, 7) is 10.4. The molecule has 9 heteroatoms. The van der Waals surface area contributed by atoms with E-state index in [4.69, 9.17) is 0 Å². The third-order valence-corrected chi connectivity index (χ3v) is 4.72. The average molecular weight is 416 g/mol. The van der Waals surface area contributed by atoms with Gasteiger partial charge in [0.1, 0.15) is 5.75 Å². The quantitative estimate of drug-likeness (QED) is 0.451. The number of hydrogen-bond acceptors (Lipinski definition) is 3. The molecule has 0 aliphatic rings. The van der Waals surface area contributed by atoms with E-state index in [-0.39, 0.29) is 22.4 Å². The van der Waals surface area contributed by atoms with Crippen molar-refractivity contribution in [2.75, 3.05) is 0 Å². The molecule has 0 aromatic heterocycles. The second-order valence-electron chi connectivity index (χ2n) is 8.30. The first-order valence-corrected chi connectivity index (χ1v) is 8.81. The van der Waals surface area contributed by atoms with E-state index in [0.717, 1.165) is 0 Å². The van der Waals surface area contributed by atoms with Crippen LogP contribution in [0.4, 0.5) is 26.3 Å². The van der Waals surface area contributed by atoms with Crippen LogP contribution in [0.2, 0.25) is 0 Å². The van der Waals surface area contributed by atoms with Gasteiger partial charge in [0, 0.05) is 16.0 Å². The van der Waals surface area contributed by atoms with Gasteiger partial charge in [0.05, 0.1) is 0 Å². The monoisotopic (exact) mass is 416 g/mol. The Morgan fingerprint density at radius 2 is 1.19 bits per heavy atom. The summed E-state index contributed by atoms with van der Waals surface area (Å²) < 4.78 is 76.7. The van der Waals surface area contributed by atoms with Crippen LogP contribution in [0, 0.1) is 5.92 Å². The minimum Gasteiger partial charge on any atom is -0.507 e. The van der Waals surface area contributed by atoms with Crippen LogP contribution in [0.25, 0.3) is 0 Å². The van der Waals surface area contributed by atoms with E-state index < -0.39 is 34.2 Å². The van der Waals surface area contributed by atoms with Crippen LogP contribution in [0.1, 0.15) is 52.7 Å². The molecule has 0 amide bonds. The number of alkyl halides is 6. The number of aromatic hydroxyl groups is 1. The summed E-state index contributed by atoms with van der Waals surface area (Å²) in [5, 5.41) is 8.48. The van der Waals surface area contributed by atoms with Crippen LogP contribution >= 0.6 is 11.8 Å². The van der Waals surface area contributed by atoms with Gasteiger partial charge in [0.2, 0.25) is 11.0 Å². The molecule has 1 N–H and O–H groups in total. The van der Waals surface area contributed by atoms with E-state index in [2.05, 4.69) is 0 Å². The number of carbonyl (C=O) groups is 1. The number of carbonyl (C=O) groups excluding carboxylic acids is 1. The van der Waals surface area contributed by atoms with Crippen molar-refractivity contribution in [1.29, 1.82) is 0 Å². The normalized spacial score (nSPS) is 14.0. The Labute approximate surface area is 158 Å². The fourth-order valence-electron chi connectivity index (χ4n) is 2.44. The number of phenolic OH excluding ortho intramolecular Hbond substituents is 1. The molecule has 0 unspecified atom stereocenters. The first-order valence-electron chi connectivity index (χ1n) is 7.99. The molecular weight excluding hydrogens is 394 g/mol. The predicted molar refractivity (Wildman–Crippen MR) is 92.0 cm³/mol. The smallest absolute Gasteiger partial charge is 0.408 e. The molecule has 1 aromatic rings. The lowest BCUT2D eigenvalue weighted by Gasteiger charge is -2.28. The Bertz CT molecular complexity index is 660. The zero-order valence-electron chi connectivity index (χ0n) is 15.8. The fourth-order valence-corrected chi connectivity index (χ4v) is 3.41. The Morgan fingerprint density at radius 3 is 1.44 bits per heavy atom. The Hall–Kier alpha value is -1.38. The highest BCUT2D eigenvalue weighted by atomic mass is 32.2. The fraction of sp³-hybridized carbons (Fsp3) is 0.611. The van der Waals surface area contributed by atoms with Gasteiger partial charge >= 0.3 is 12.4 Å². The number of phenols is 1. The first kappa shape index (κ1) is 23.7. The SMILES string of the molecule is CC(C)(C)c1cc(SC(=O)C(C(F)(F)F)C(F)(F)F)cc(C(C)(C)C)c1O. The zero-order chi connectivity index (χ0) is 21.6. The number of halogens is 6. The van der Waals surface area contributed by atoms with Gasteiger partial charge in [-0.15, -0.1) is 0 Å². The lowest BCUT2D eigenvalue weighted by atomic mass is 9.79. The molecule has 1 aromatic carbocycles. The molecule has 0 heterocycles. The second-order valence-corrected chi connectivity index (χ2v) is 9.38. The van der Waals surface area contributed by atoms with E-state index in [0.29, 0.717) is 11.1 Å². The van der Waals surface area contributed by atoms with Crippen LogP contribution in [-0.4, -0.2) is 22.6 Å². The minimum atomic E-state index is -5.74. The molecular formula is C18H22F6O2S. The molecule has 0 bridgehead atoms. The third-order valence-electron chi connectivity index (χ3n) is 3.81. The van der Waals surface area contributed by atoms with E-state index in [9.17, 15) is 36.2 Å². The largest absolute Gasteiger partial charge is 0.507 e. The van der Waals surface area contributed by atoms with Crippen molar-refractivity contribution >= 4 is 16.9 Å². The van der Waals surface area contributed by atoms with Crippen molar-refractivity contribution in [1.82, 2.24) is 0 Å². The van der Waals surface area contributed by atoms with Crippen LogP contribution < -0.4 is 0 Å². The van der Waals surface area contributed by atoms with Gasteiger partial charge in [-0.05, 0) is 23.0 Å². The molecule has 27 heavy (non-hydrogen) atoms. The minimum absolute atomic E-state index is 0.0776. The van der Waals surface area contributed by atoms with Crippen LogP contribution in [0.5, 0.6) is 5.75 Å². The van der Waals surface area contributed by atoms with E-state index in [1.165, 1.54) is 12.1 Å². The summed E-state index contributed by atoms with van der Waals surface area (Å²) in [7, 11) is 0. The lowest BCUT2D eigenvalue weighted by molar-refractivity contribution is -0.270. The van der Waals surface area contributed by atoms with Gasteiger partial charge in [0.25, 0.3) is 0 Å². The average Bonchev–Trinajstić information content (AvgIpc) is 2.34. The number of benzene rings is 1. The molecule has 1 rings (SSSR count). The molecule has 0 aliphatic heterocycles. The summed E-state index contributed by atoms with van der Waals surface area (Å²) in [4.78, 5) is 11.8. The van der Waals surface area contributed by atoms with Gasteiger partial charge in [0.15, 0.2) is 0 Å². The van der Waals surface area contributed by atoms with Gasteiger partial charge in [-0.1, -0.05) is 53.3 Å². The molecule has 2 nitrogen and oxygen atoms in total. The number of rotatable bonds is 2. The maximum atomic E-state index is 12.8. The molecule has 0 spiro atoms. The van der Waals surface area contributed by atoms with Gasteiger partial charge in [-0.25, -0.2) is 0 Å². The van der Waals surface area contributed by atoms with Crippen LogP contribution in [0.15, 0.2) is 17.0 Å². The summed E-state index contributed by atoms with van der Waals surface area (Å²) in [5.74, 6) is -4.16. The van der Waals surface area contributed by atoms with E-state index in [1.54, 1.807) is 41.5 Å². The highest BCUT2D eigenvalue weighted by Crippen LogP contribution is 2.46. The Morgan fingerprint density at radius 1 is 0.852 bits per heavy atom. The van der Waals surface area contributed by atoms with Crippen molar-refractivity contribution in [3.05, 3.63) is 23.3 Å². The highest BCUT2D eigenvalue weighted by molar-refractivity contribution is 8.13. The van der Waals surface area contributed by atoms with Crippen molar-refractivity contribution in [2.24, 2.45) is 5.92 Å². The third kappa shape index (κ3) is 5.80. The summed E-state index contributed by atoms with van der Waals surface area (Å²) in [6.07, 6.45) is -11.5. The summed E-state index contributed by atoms with van der Waals surface area (Å²) in [6, 6.07) is 2.52. The molecule has 0 saturated carbocycles. The molecule has 154 valence electrons. The Balaban J connectivity index is 3.49. The van der Waals surface area contributed by atoms with Gasteiger partial charge in [-0.3, -0.25) is 4.79 Å². The molecule has 0 fully saturated rings. The van der Waals surface area contributed by atoms with Crippen LogP contribution in [-0.2, 0) is 15.6 Å². The van der Waals surface area contributed by atoms with E-state index in [1.807, 2.05) is 0 Å². The molecule has 0 radical (unpaired) electrons. The topological polar surface area (TPSA) is 37.3 Å². The predicted octanol–water partition coefficient (Wildman–Crippen LogP) is 6.35. The summed E-state index contributed by atoms with van der Waals surface area (Å²) >= 11 is -0.115. The van der Waals surface area contributed by atoms with Crippen molar-refractivity contribution in [3.8, 4) is 5.75 Å². The van der Waals surface area contributed by atoms with Crippen molar-refractivity contribution < 1.29 is 36.2 Å². The van der Waals surface area contributed by atoms with Crippen molar-refractivity contribution in [3.63, 3.8) is 0 Å². The Kier molecular flexibility index (Phi) is 6.33. The van der Waals surface area contributed by atoms with Gasteiger partial charge in [-0.2, -0.15) is 26.3 Å². The highest BCUT2D eigenvalue weighted by Gasteiger charge is 2.61.